The minimum absolute atomic E-state index is 0.248. The number of amides is 1. The standard InChI is InChI=1S/C17H31N3O/c1-14-5-2-3-9-19(14)12-15-6-4-10-20(13-15)17(21)16-7-8-18-11-16/h14-16,18H,2-13H2,1H3/t14-,15+,16+/m1/s1. The van der Waals surface area contributed by atoms with Gasteiger partial charge in [0.15, 0.2) is 0 Å². The minimum atomic E-state index is 0.248. The quantitative estimate of drug-likeness (QED) is 0.860. The number of rotatable bonds is 3. The van der Waals surface area contributed by atoms with Gasteiger partial charge in [-0.2, -0.15) is 0 Å². The van der Waals surface area contributed by atoms with E-state index in [0.717, 1.165) is 38.6 Å². The average Bonchev–Trinajstić information content (AvgIpc) is 3.03. The zero-order valence-electron chi connectivity index (χ0n) is 13.5. The molecule has 0 aromatic heterocycles. The van der Waals surface area contributed by atoms with Gasteiger partial charge >= 0.3 is 0 Å². The lowest BCUT2D eigenvalue weighted by Gasteiger charge is -2.40. The van der Waals surface area contributed by atoms with Gasteiger partial charge in [0.25, 0.3) is 0 Å². The first-order chi connectivity index (χ1) is 10.2. The zero-order valence-corrected chi connectivity index (χ0v) is 13.5. The molecule has 1 amide bonds. The SMILES string of the molecule is C[C@@H]1CCCCN1C[C@@H]1CCCN(C(=O)[C@H]2CCNC2)C1. The van der Waals surface area contributed by atoms with Crippen molar-refractivity contribution in [1.29, 1.82) is 0 Å². The fourth-order valence-corrected chi connectivity index (χ4v) is 4.30. The summed E-state index contributed by atoms with van der Waals surface area (Å²) in [5, 5.41) is 3.32. The van der Waals surface area contributed by atoms with Gasteiger partial charge in [-0.3, -0.25) is 4.79 Å². The molecule has 0 unspecified atom stereocenters. The van der Waals surface area contributed by atoms with E-state index in [4.69, 9.17) is 0 Å². The predicted octanol–water partition coefficient (Wildman–Crippen LogP) is 1.71. The van der Waals surface area contributed by atoms with Gasteiger partial charge in [0.1, 0.15) is 0 Å². The van der Waals surface area contributed by atoms with Crippen LogP contribution >= 0.6 is 0 Å². The third-order valence-electron chi connectivity index (χ3n) is 5.67. The number of hydrogen-bond donors (Lipinski definition) is 1. The van der Waals surface area contributed by atoms with Crippen LogP contribution in [-0.4, -0.2) is 61.0 Å². The molecule has 0 bridgehead atoms. The van der Waals surface area contributed by atoms with Crippen LogP contribution in [0, 0.1) is 11.8 Å². The summed E-state index contributed by atoms with van der Waals surface area (Å²) in [5.41, 5.74) is 0. The van der Waals surface area contributed by atoms with E-state index in [1.807, 2.05) is 0 Å². The lowest BCUT2D eigenvalue weighted by Crippen LogP contribution is -2.48. The van der Waals surface area contributed by atoms with Crippen LogP contribution in [0.4, 0.5) is 0 Å². The Morgan fingerprint density at radius 3 is 2.81 bits per heavy atom. The highest BCUT2D eigenvalue weighted by molar-refractivity contribution is 5.79. The Hall–Kier alpha value is -0.610. The molecule has 0 aromatic rings. The Morgan fingerprint density at radius 2 is 2.05 bits per heavy atom. The van der Waals surface area contributed by atoms with Crippen molar-refractivity contribution < 1.29 is 4.79 Å². The summed E-state index contributed by atoms with van der Waals surface area (Å²) in [4.78, 5) is 17.4. The Labute approximate surface area is 129 Å². The third-order valence-corrected chi connectivity index (χ3v) is 5.67. The number of piperidine rings is 2. The summed E-state index contributed by atoms with van der Waals surface area (Å²) >= 11 is 0. The molecule has 3 rings (SSSR count). The van der Waals surface area contributed by atoms with Crippen molar-refractivity contribution in [2.45, 2.75) is 51.5 Å². The Bertz CT molecular complexity index is 354. The maximum Gasteiger partial charge on any atom is 0.227 e. The van der Waals surface area contributed by atoms with Crippen LogP contribution in [-0.2, 0) is 4.79 Å². The highest BCUT2D eigenvalue weighted by Gasteiger charge is 2.31. The van der Waals surface area contributed by atoms with Crippen LogP contribution in [0.1, 0.15) is 45.4 Å². The molecule has 4 nitrogen and oxygen atoms in total. The Morgan fingerprint density at radius 1 is 1.14 bits per heavy atom. The van der Waals surface area contributed by atoms with Gasteiger partial charge in [0.2, 0.25) is 5.91 Å². The van der Waals surface area contributed by atoms with Crippen LogP contribution in [0.5, 0.6) is 0 Å². The van der Waals surface area contributed by atoms with Crippen molar-refractivity contribution in [2.24, 2.45) is 11.8 Å². The molecular formula is C17H31N3O. The maximum absolute atomic E-state index is 12.6. The van der Waals surface area contributed by atoms with Crippen molar-refractivity contribution >= 4 is 5.91 Å². The number of carbonyl (C=O) groups excluding carboxylic acids is 1. The molecule has 0 saturated carbocycles. The second-order valence-corrected chi connectivity index (χ2v) is 7.32. The first kappa shape index (κ1) is 15.3. The Kier molecular flexibility index (Phi) is 5.17. The summed E-state index contributed by atoms with van der Waals surface area (Å²) in [5.74, 6) is 1.35. The highest BCUT2D eigenvalue weighted by atomic mass is 16.2. The minimum Gasteiger partial charge on any atom is -0.342 e. The van der Waals surface area contributed by atoms with Crippen LogP contribution in [0.3, 0.4) is 0 Å². The smallest absolute Gasteiger partial charge is 0.227 e. The fourth-order valence-electron chi connectivity index (χ4n) is 4.30. The number of likely N-dealkylation sites (tertiary alicyclic amines) is 2. The molecule has 0 aromatic carbocycles. The largest absolute Gasteiger partial charge is 0.342 e. The van der Waals surface area contributed by atoms with E-state index < -0.39 is 0 Å². The molecule has 3 aliphatic heterocycles. The van der Waals surface area contributed by atoms with Crippen LogP contribution in [0.25, 0.3) is 0 Å². The first-order valence-corrected chi connectivity index (χ1v) is 8.97. The molecule has 3 fully saturated rings. The van der Waals surface area contributed by atoms with Crippen LogP contribution < -0.4 is 5.32 Å². The summed E-state index contributed by atoms with van der Waals surface area (Å²) < 4.78 is 0. The first-order valence-electron chi connectivity index (χ1n) is 8.97. The topological polar surface area (TPSA) is 35.6 Å². The zero-order chi connectivity index (χ0) is 14.7. The van der Waals surface area contributed by atoms with Crippen molar-refractivity contribution in [1.82, 2.24) is 15.1 Å². The second-order valence-electron chi connectivity index (χ2n) is 7.32. The summed E-state index contributed by atoms with van der Waals surface area (Å²) in [6, 6.07) is 0.740. The molecule has 0 radical (unpaired) electrons. The molecule has 4 heteroatoms. The molecule has 0 spiro atoms. The molecule has 3 atom stereocenters. The summed E-state index contributed by atoms with van der Waals surface area (Å²) in [6.07, 6.45) is 7.62. The van der Waals surface area contributed by atoms with Crippen molar-refractivity contribution in [3.8, 4) is 0 Å². The van der Waals surface area contributed by atoms with E-state index in [0.29, 0.717) is 11.8 Å². The van der Waals surface area contributed by atoms with Gasteiger partial charge < -0.3 is 15.1 Å². The summed E-state index contributed by atoms with van der Waals surface area (Å²) in [7, 11) is 0. The van der Waals surface area contributed by atoms with E-state index >= 15 is 0 Å². The average molecular weight is 293 g/mol. The third kappa shape index (κ3) is 3.78. The molecule has 0 aliphatic carbocycles. The molecule has 3 heterocycles. The summed E-state index contributed by atoms with van der Waals surface area (Å²) in [6.45, 7) is 8.73. The lowest BCUT2D eigenvalue weighted by atomic mass is 9.93. The molecule has 21 heavy (non-hydrogen) atoms. The molecule has 3 saturated heterocycles. The van der Waals surface area contributed by atoms with Crippen molar-refractivity contribution in [3.05, 3.63) is 0 Å². The maximum atomic E-state index is 12.6. The normalized spacial score (nSPS) is 35.1. The molecule has 1 N–H and O–H groups in total. The number of hydrogen-bond acceptors (Lipinski definition) is 3. The number of nitrogens with one attached hydrogen (secondary N) is 1. The predicted molar refractivity (Wildman–Crippen MR) is 85.2 cm³/mol. The van der Waals surface area contributed by atoms with Gasteiger partial charge in [-0.15, -0.1) is 0 Å². The van der Waals surface area contributed by atoms with E-state index in [-0.39, 0.29) is 5.92 Å². The number of carbonyl (C=O) groups is 1. The Balaban J connectivity index is 1.51. The lowest BCUT2D eigenvalue weighted by molar-refractivity contribution is -0.137. The molecule has 3 aliphatic rings. The van der Waals surface area contributed by atoms with Crippen molar-refractivity contribution in [3.63, 3.8) is 0 Å². The van der Waals surface area contributed by atoms with E-state index in [1.54, 1.807) is 0 Å². The van der Waals surface area contributed by atoms with E-state index in [2.05, 4.69) is 22.0 Å². The van der Waals surface area contributed by atoms with Crippen molar-refractivity contribution in [2.75, 3.05) is 39.3 Å². The van der Waals surface area contributed by atoms with Gasteiger partial charge in [0, 0.05) is 32.2 Å². The van der Waals surface area contributed by atoms with Crippen LogP contribution in [0.15, 0.2) is 0 Å². The highest BCUT2D eigenvalue weighted by Crippen LogP contribution is 2.24. The van der Waals surface area contributed by atoms with E-state index in [9.17, 15) is 4.79 Å². The van der Waals surface area contributed by atoms with Gasteiger partial charge in [-0.25, -0.2) is 0 Å². The second kappa shape index (κ2) is 7.10. The van der Waals surface area contributed by atoms with E-state index in [1.165, 1.54) is 45.2 Å². The van der Waals surface area contributed by atoms with Gasteiger partial charge in [-0.1, -0.05) is 6.42 Å². The monoisotopic (exact) mass is 293 g/mol. The molecule has 120 valence electrons. The molecular weight excluding hydrogens is 262 g/mol. The van der Waals surface area contributed by atoms with Gasteiger partial charge in [-0.05, 0) is 58.0 Å². The van der Waals surface area contributed by atoms with Gasteiger partial charge in [0.05, 0.1) is 5.92 Å². The number of nitrogens with zero attached hydrogens (tertiary/aromatic N) is 2. The van der Waals surface area contributed by atoms with Crippen LogP contribution in [0.2, 0.25) is 0 Å². The fraction of sp³-hybridized carbons (Fsp3) is 0.941.